The highest BCUT2D eigenvalue weighted by Crippen LogP contribution is 2.12. The summed E-state index contributed by atoms with van der Waals surface area (Å²) < 4.78 is 1.08. The highest BCUT2D eigenvalue weighted by molar-refractivity contribution is 9.10. The van der Waals surface area contributed by atoms with E-state index in [4.69, 9.17) is 0 Å². The lowest BCUT2D eigenvalue weighted by atomic mass is 10.1. The monoisotopic (exact) mass is 340 g/mol. The average Bonchev–Trinajstić information content (AvgIpc) is 2.42. The maximum atomic E-state index is 9.97. The lowest BCUT2D eigenvalue weighted by Crippen LogP contribution is -3.00. The zero-order valence-corrected chi connectivity index (χ0v) is 12.7. The molecule has 4 heteroatoms. The van der Waals surface area contributed by atoms with Crippen LogP contribution < -0.4 is 17.7 Å². The first-order chi connectivity index (χ1) is 8.75. The summed E-state index contributed by atoms with van der Waals surface area (Å²) in [5.41, 5.74) is 2.15. The summed E-state index contributed by atoms with van der Waals surface area (Å²) in [6, 6.07) is 17.9. The molecule has 0 aromatic heterocycles. The standard InChI is InChI=1S/C15H16BrNO.ClH/c16-14-8-6-12(7-9-14)10-17-11-15(18)13-4-2-1-3-5-13;/h1-9,15,17-18H,10-11H2;1H/p-1. The molecule has 0 spiro atoms. The molecule has 0 saturated carbocycles. The van der Waals surface area contributed by atoms with Crippen molar-refractivity contribution in [2.75, 3.05) is 6.54 Å². The van der Waals surface area contributed by atoms with E-state index in [1.807, 2.05) is 42.5 Å². The lowest BCUT2D eigenvalue weighted by molar-refractivity contribution is -0.00000521. The molecule has 102 valence electrons. The Labute approximate surface area is 128 Å². The first-order valence-electron chi connectivity index (χ1n) is 5.94. The third kappa shape index (κ3) is 5.33. The zero-order valence-electron chi connectivity index (χ0n) is 10.4. The molecule has 2 N–H and O–H groups in total. The van der Waals surface area contributed by atoms with E-state index in [1.54, 1.807) is 0 Å². The van der Waals surface area contributed by atoms with Gasteiger partial charge in [0.1, 0.15) is 0 Å². The lowest BCUT2D eigenvalue weighted by Gasteiger charge is -2.12. The normalized spacial score (nSPS) is 11.7. The highest BCUT2D eigenvalue weighted by atomic mass is 79.9. The first-order valence-corrected chi connectivity index (χ1v) is 6.73. The molecule has 0 aliphatic heterocycles. The van der Waals surface area contributed by atoms with Gasteiger partial charge in [-0.2, -0.15) is 0 Å². The summed E-state index contributed by atoms with van der Waals surface area (Å²) in [6.45, 7) is 1.32. The highest BCUT2D eigenvalue weighted by Gasteiger charge is 2.05. The zero-order chi connectivity index (χ0) is 12.8. The van der Waals surface area contributed by atoms with Crippen LogP contribution in [-0.2, 0) is 6.54 Å². The van der Waals surface area contributed by atoms with Gasteiger partial charge in [0.15, 0.2) is 0 Å². The van der Waals surface area contributed by atoms with Crippen molar-refractivity contribution in [1.29, 1.82) is 0 Å². The first kappa shape index (κ1) is 16.2. The van der Waals surface area contributed by atoms with Crippen molar-refractivity contribution in [2.24, 2.45) is 0 Å². The van der Waals surface area contributed by atoms with E-state index < -0.39 is 6.10 Å². The van der Waals surface area contributed by atoms with E-state index in [1.165, 1.54) is 5.56 Å². The Morgan fingerprint density at radius 2 is 1.63 bits per heavy atom. The van der Waals surface area contributed by atoms with Crippen molar-refractivity contribution < 1.29 is 17.5 Å². The van der Waals surface area contributed by atoms with E-state index in [0.717, 1.165) is 16.6 Å². The molecule has 0 heterocycles. The number of hydrogen-bond acceptors (Lipinski definition) is 2. The average molecular weight is 342 g/mol. The number of halogens is 2. The van der Waals surface area contributed by atoms with Crippen LogP contribution >= 0.6 is 15.9 Å². The SMILES string of the molecule is OC(CNCc1ccc(Br)cc1)c1ccccc1.[Cl-]. The summed E-state index contributed by atoms with van der Waals surface area (Å²) in [5, 5.41) is 13.2. The third-order valence-corrected chi connectivity index (χ3v) is 3.29. The molecule has 1 atom stereocenters. The molecule has 0 aliphatic carbocycles. The molecule has 19 heavy (non-hydrogen) atoms. The van der Waals surface area contributed by atoms with Crippen LogP contribution in [0.15, 0.2) is 59.1 Å². The number of rotatable bonds is 5. The Kier molecular flexibility index (Phi) is 7.10. The van der Waals surface area contributed by atoms with Gasteiger partial charge in [0.25, 0.3) is 0 Å². The van der Waals surface area contributed by atoms with E-state index in [0.29, 0.717) is 6.54 Å². The topological polar surface area (TPSA) is 32.3 Å². The predicted molar refractivity (Wildman–Crippen MR) is 77.3 cm³/mol. The summed E-state index contributed by atoms with van der Waals surface area (Å²) in [5.74, 6) is 0. The number of nitrogens with one attached hydrogen (secondary N) is 1. The van der Waals surface area contributed by atoms with Crippen molar-refractivity contribution in [1.82, 2.24) is 5.32 Å². The Morgan fingerprint density at radius 3 is 2.26 bits per heavy atom. The molecule has 1 unspecified atom stereocenters. The minimum atomic E-state index is -0.457. The van der Waals surface area contributed by atoms with Gasteiger partial charge < -0.3 is 22.8 Å². The van der Waals surface area contributed by atoms with Gasteiger partial charge >= 0.3 is 0 Å². The molecule has 2 aromatic carbocycles. The van der Waals surface area contributed by atoms with Gasteiger partial charge in [0.2, 0.25) is 0 Å². The quantitative estimate of drug-likeness (QED) is 0.819. The van der Waals surface area contributed by atoms with Gasteiger partial charge in [-0.15, -0.1) is 0 Å². The summed E-state index contributed by atoms with van der Waals surface area (Å²) >= 11 is 3.41. The van der Waals surface area contributed by atoms with Gasteiger partial charge in [-0.3, -0.25) is 0 Å². The molecule has 0 amide bonds. The maximum absolute atomic E-state index is 9.97. The van der Waals surface area contributed by atoms with Crippen LogP contribution in [-0.4, -0.2) is 11.7 Å². The van der Waals surface area contributed by atoms with Crippen LogP contribution in [0, 0.1) is 0 Å². The fourth-order valence-electron chi connectivity index (χ4n) is 1.75. The largest absolute Gasteiger partial charge is 1.00 e. The van der Waals surface area contributed by atoms with Gasteiger partial charge in [-0.05, 0) is 23.3 Å². The molecule has 2 nitrogen and oxygen atoms in total. The fourth-order valence-corrected chi connectivity index (χ4v) is 2.01. The number of aliphatic hydroxyl groups excluding tert-OH is 1. The van der Waals surface area contributed by atoms with E-state index in [9.17, 15) is 5.11 Å². The Morgan fingerprint density at radius 1 is 1.00 bits per heavy atom. The second kappa shape index (κ2) is 8.33. The molecular formula is C15H16BrClNO-. The van der Waals surface area contributed by atoms with Crippen molar-refractivity contribution in [3.05, 3.63) is 70.2 Å². The number of aliphatic hydroxyl groups is 1. The van der Waals surface area contributed by atoms with Crippen LogP contribution in [0.4, 0.5) is 0 Å². The smallest absolute Gasteiger partial charge is 0.0914 e. The van der Waals surface area contributed by atoms with Gasteiger partial charge in [0, 0.05) is 17.6 Å². The summed E-state index contributed by atoms with van der Waals surface area (Å²) in [6.07, 6.45) is -0.457. The van der Waals surface area contributed by atoms with Gasteiger partial charge in [0.05, 0.1) is 6.10 Å². The van der Waals surface area contributed by atoms with Gasteiger partial charge in [-0.1, -0.05) is 58.4 Å². The minimum Gasteiger partial charge on any atom is -1.00 e. The van der Waals surface area contributed by atoms with E-state index in [2.05, 4.69) is 33.4 Å². The number of benzene rings is 2. The maximum Gasteiger partial charge on any atom is 0.0914 e. The van der Waals surface area contributed by atoms with E-state index in [-0.39, 0.29) is 12.4 Å². The summed E-state index contributed by atoms with van der Waals surface area (Å²) in [7, 11) is 0. The molecule has 0 fully saturated rings. The number of hydrogen-bond donors (Lipinski definition) is 2. The summed E-state index contributed by atoms with van der Waals surface area (Å²) in [4.78, 5) is 0. The van der Waals surface area contributed by atoms with E-state index >= 15 is 0 Å². The Balaban J connectivity index is 0.00000180. The second-order valence-corrected chi connectivity index (χ2v) is 5.10. The molecule has 0 saturated heterocycles. The Bertz CT molecular complexity index is 475. The van der Waals surface area contributed by atoms with Crippen LogP contribution in [0.25, 0.3) is 0 Å². The van der Waals surface area contributed by atoms with Crippen molar-refractivity contribution >= 4 is 15.9 Å². The van der Waals surface area contributed by atoms with Crippen LogP contribution in [0.5, 0.6) is 0 Å². The second-order valence-electron chi connectivity index (χ2n) is 4.18. The Hall–Kier alpha value is -0.870. The van der Waals surface area contributed by atoms with Crippen LogP contribution in [0.1, 0.15) is 17.2 Å². The third-order valence-electron chi connectivity index (χ3n) is 2.76. The molecule has 0 bridgehead atoms. The van der Waals surface area contributed by atoms with Gasteiger partial charge in [-0.25, -0.2) is 0 Å². The molecule has 2 rings (SSSR count). The van der Waals surface area contributed by atoms with Crippen molar-refractivity contribution in [3.8, 4) is 0 Å². The molecule has 0 aliphatic rings. The fraction of sp³-hybridized carbons (Fsp3) is 0.200. The van der Waals surface area contributed by atoms with Crippen LogP contribution in [0.2, 0.25) is 0 Å². The molecule has 2 aromatic rings. The predicted octanol–water partition coefficient (Wildman–Crippen LogP) is 0.276. The van der Waals surface area contributed by atoms with Crippen LogP contribution in [0.3, 0.4) is 0 Å². The molecular weight excluding hydrogens is 326 g/mol. The van der Waals surface area contributed by atoms with Crippen molar-refractivity contribution in [2.45, 2.75) is 12.6 Å². The van der Waals surface area contributed by atoms with Crippen molar-refractivity contribution in [3.63, 3.8) is 0 Å². The molecule has 0 radical (unpaired) electrons. The minimum absolute atomic E-state index is 0.